The molecule has 2 aliphatic rings. The molecule has 0 unspecified atom stereocenters. The highest BCUT2D eigenvalue weighted by atomic mass is 35.5. The van der Waals surface area contributed by atoms with E-state index < -0.39 is 5.54 Å². The van der Waals surface area contributed by atoms with Gasteiger partial charge in [0.05, 0.1) is 28.7 Å². The SMILES string of the molecule is C[C@H]1CC[C@H]2[C@H](C1)O[C@H](c1cccc(Cl)c1Cl)C[C@]2(C)NC(=O)Cc1ccc(F)cc1. The van der Waals surface area contributed by atoms with Crippen LogP contribution in [0.2, 0.25) is 10.0 Å². The van der Waals surface area contributed by atoms with Gasteiger partial charge in [0.25, 0.3) is 0 Å². The summed E-state index contributed by atoms with van der Waals surface area (Å²) in [5.41, 5.74) is 1.22. The van der Waals surface area contributed by atoms with E-state index in [0.717, 1.165) is 30.4 Å². The fraction of sp³-hybridized carbons (Fsp3) is 0.480. The first-order valence-corrected chi connectivity index (χ1v) is 11.7. The number of nitrogens with one attached hydrogen (secondary N) is 1. The second kappa shape index (κ2) is 9.09. The minimum Gasteiger partial charge on any atom is -0.370 e. The van der Waals surface area contributed by atoms with Gasteiger partial charge in [-0.3, -0.25) is 4.79 Å². The zero-order valence-corrected chi connectivity index (χ0v) is 19.3. The van der Waals surface area contributed by atoms with Gasteiger partial charge in [0.2, 0.25) is 5.91 Å². The number of carbonyl (C=O) groups excluding carboxylic acids is 1. The molecule has 0 bridgehead atoms. The molecule has 1 aliphatic heterocycles. The monoisotopic (exact) mass is 463 g/mol. The molecule has 5 atom stereocenters. The van der Waals surface area contributed by atoms with E-state index in [4.69, 9.17) is 27.9 Å². The Bertz CT molecular complexity index is 951. The van der Waals surface area contributed by atoms with E-state index in [0.29, 0.717) is 22.4 Å². The minimum absolute atomic E-state index is 0.0497. The third-order valence-electron chi connectivity index (χ3n) is 6.85. The predicted octanol–water partition coefficient (Wildman–Crippen LogP) is 6.52. The van der Waals surface area contributed by atoms with E-state index in [-0.39, 0.29) is 36.3 Å². The number of amides is 1. The molecule has 1 heterocycles. The number of carbonyl (C=O) groups is 1. The lowest BCUT2D eigenvalue weighted by atomic mass is 9.66. The van der Waals surface area contributed by atoms with Gasteiger partial charge in [-0.05, 0) is 49.4 Å². The average Bonchev–Trinajstić information content (AvgIpc) is 2.71. The van der Waals surface area contributed by atoms with Crippen molar-refractivity contribution < 1.29 is 13.9 Å². The zero-order valence-electron chi connectivity index (χ0n) is 17.8. The maximum atomic E-state index is 13.2. The molecule has 1 saturated carbocycles. The first-order valence-electron chi connectivity index (χ1n) is 10.9. The summed E-state index contributed by atoms with van der Waals surface area (Å²) in [7, 11) is 0. The summed E-state index contributed by atoms with van der Waals surface area (Å²) in [4.78, 5) is 13.0. The number of rotatable bonds is 4. The Hall–Kier alpha value is -1.62. The fourth-order valence-corrected chi connectivity index (χ4v) is 5.68. The van der Waals surface area contributed by atoms with Crippen LogP contribution in [0.1, 0.15) is 56.8 Å². The Morgan fingerprint density at radius 3 is 2.68 bits per heavy atom. The largest absolute Gasteiger partial charge is 0.370 e. The van der Waals surface area contributed by atoms with Crippen LogP contribution in [0.4, 0.5) is 4.39 Å². The molecule has 1 saturated heterocycles. The third-order valence-corrected chi connectivity index (χ3v) is 7.69. The molecule has 0 aromatic heterocycles. The van der Waals surface area contributed by atoms with Crippen LogP contribution >= 0.6 is 23.2 Å². The average molecular weight is 464 g/mol. The molecule has 3 nitrogen and oxygen atoms in total. The molecule has 1 N–H and O–H groups in total. The first-order chi connectivity index (χ1) is 14.7. The quantitative estimate of drug-likeness (QED) is 0.560. The molecular formula is C25H28Cl2FNO2. The molecule has 31 heavy (non-hydrogen) atoms. The van der Waals surface area contributed by atoms with Gasteiger partial charge < -0.3 is 10.1 Å². The van der Waals surface area contributed by atoms with Crippen molar-refractivity contribution in [1.82, 2.24) is 5.32 Å². The first kappa shape index (κ1) is 22.6. The van der Waals surface area contributed by atoms with Crippen molar-refractivity contribution in [2.45, 2.75) is 63.7 Å². The number of hydrogen-bond donors (Lipinski definition) is 1. The van der Waals surface area contributed by atoms with E-state index in [1.807, 2.05) is 12.1 Å². The lowest BCUT2D eigenvalue weighted by Gasteiger charge is -2.52. The number of halogens is 3. The summed E-state index contributed by atoms with van der Waals surface area (Å²) in [6.07, 6.45) is 3.74. The summed E-state index contributed by atoms with van der Waals surface area (Å²) in [6.45, 7) is 4.37. The van der Waals surface area contributed by atoms with Crippen LogP contribution in [0.5, 0.6) is 0 Å². The number of fused-ring (bicyclic) bond motifs is 1. The van der Waals surface area contributed by atoms with Gasteiger partial charge in [-0.25, -0.2) is 4.39 Å². The predicted molar refractivity (Wildman–Crippen MR) is 122 cm³/mol. The molecule has 0 radical (unpaired) electrons. The number of ether oxygens (including phenoxy) is 1. The van der Waals surface area contributed by atoms with E-state index in [2.05, 4.69) is 19.2 Å². The lowest BCUT2D eigenvalue weighted by molar-refractivity contribution is -0.153. The van der Waals surface area contributed by atoms with Gasteiger partial charge in [-0.1, -0.05) is 60.8 Å². The summed E-state index contributed by atoms with van der Waals surface area (Å²) >= 11 is 12.8. The second-order valence-corrected chi connectivity index (χ2v) is 10.1. The smallest absolute Gasteiger partial charge is 0.224 e. The maximum Gasteiger partial charge on any atom is 0.224 e. The van der Waals surface area contributed by atoms with Crippen molar-refractivity contribution in [3.8, 4) is 0 Å². The van der Waals surface area contributed by atoms with Crippen LogP contribution < -0.4 is 5.32 Å². The zero-order chi connectivity index (χ0) is 22.2. The molecular weight excluding hydrogens is 436 g/mol. The molecule has 166 valence electrons. The van der Waals surface area contributed by atoms with Gasteiger partial charge >= 0.3 is 0 Å². The summed E-state index contributed by atoms with van der Waals surface area (Å²) in [6, 6.07) is 11.7. The van der Waals surface area contributed by atoms with E-state index >= 15 is 0 Å². The van der Waals surface area contributed by atoms with Crippen molar-refractivity contribution in [2.24, 2.45) is 11.8 Å². The standard InChI is InChI=1S/C25H28Cl2FNO2/c1-15-6-11-19-21(12-15)31-22(18-4-3-5-20(26)24(18)27)14-25(19,2)29-23(30)13-16-7-9-17(28)10-8-16/h3-5,7-10,15,19,21-22H,6,11-14H2,1-2H3,(H,29,30)/t15-,19-,21-,22-,25-/m0/s1. The highest BCUT2D eigenvalue weighted by molar-refractivity contribution is 6.42. The van der Waals surface area contributed by atoms with Crippen LogP contribution in [0.15, 0.2) is 42.5 Å². The Labute approximate surface area is 193 Å². The highest BCUT2D eigenvalue weighted by Gasteiger charge is 2.49. The molecule has 2 aromatic carbocycles. The minimum atomic E-state index is -0.434. The molecule has 2 aromatic rings. The number of hydrogen-bond acceptors (Lipinski definition) is 2. The lowest BCUT2D eigenvalue weighted by Crippen LogP contribution is -2.60. The summed E-state index contributed by atoms with van der Waals surface area (Å²) < 4.78 is 19.8. The van der Waals surface area contributed by atoms with Crippen LogP contribution in [-0.4, -0.2) is 17.6 Å². The Kier molecular flexibility index (Phi) is 6.62. The Balaban J connectivity index is 1.58. The molecule has 1 aliphatic carbocycles. The summed E-state index contributed by atoms with van der Waals surface area (Å²) in [5, 5.41) is 4.33. The van der Waals surface area contributed by atoms with Crippen LogP contribution in [-0.2, 0) is 16.0 Å². The van der Waals surface area contributed by atoms with Crippen molar-refractivity contribution in [3.05, 3.63) is 69.5 Å². The summed E-state index contributed by atoms with van der Waals surface area (Å²) in [5.74, 6) is 0.439. The van der Waals surface area contributed by atoms with Gasteiger partial charge in [-0.15, -0.1) is 0 Å². The van der Waals surface area contributed by atoms with Gasteiger partial charge in [0.15, 0.2) is 0 Å². The maximum absolute atomic E-state index is 13.2. The third kappa shape index (κ3) is 4.92. The molecule has 2 fully saturated rings. The van der Waals surface area contributed by atoms with Crippen molar-refractivity contribution >= 4 is 29.1 Å². The van der Waals surface area contributed by atoms with Crippen LogP contribution in [0.25, 0.3) is 0 Å². The Morgan fingerprint density at radius 1 is 1.19 bits per heavy atom. The second-order valence-electron chi connectivity index (χ2n) is 9.30. The normalized spacial score (nSPS) is 30.5. The Morgan fingerprint density at radius 2 is 1.94 bits per heavy atom. The van der Waals surface area contributed by atoms with Crippen LogP contribution in [0.3, 0.4) is 0 Å². The number of benzene rings is 2. The molecule has 1 amide bonds. The van der Waals surface area contributed by atoms with E-state index in [1.54, 1.807) is 18.2 Å². The molecule has 0 spiro atoms. The van der Waals surface area contributed by atoms with Crippen molar-refractivity contribution in [2.75, 3.05) is 0 Å². The molecule has 6 heteroatoms. The van der Waals surface area contributed by atoms with E-state index in [9.17, 15) is 9.18 Å². The highest BCUT2D eigenvalue weighted by Crippen LogP contribution is 2.49. The van der Waals surface area contributed by atoms with E-state index in [1.165, 1.54) is 12.1 Å². The van der Waals surface area contributed by atoms with Crippen molar-refractivity contribution in [1.29, 1.82) is 0 Å². The van der Waals surface area contributed by atoms with Crippen LogP contribution in [0, 0.1) is 17.7 Å². The fourth-order valence-electron chi connectivity index (χ4n) is 5.25. The van der Waals surface area contributed by atoms with Gasteiger partial charge in [0.1, 0.15) is 5.82 Å². The van der Waals surface area contributed by atoms with Gasteiger partial charge in [-0.2, -0.15) is 0 Å². The van der Waals surface area contributed by atoms with Gasteiger partial charge in [0, 0.05) is 23.4 Å². The topological polar surface area (TPSA) is 38.3 Å². The molecule has 4 rings (SSSR count). The van der Waals surface area contributed by atoms with Crippen molar-refractivity contribution in [3.63, 3.8) is 0 Å².